The summed E-state index contributed by atoms with van der Waals surface area (Å²) in [5.74, 6) is 1.46. The first-order valence-electron chi connectivity index (χ1n) is 8.45. The van der Waals surface area contributed by atoms with Gasteiger partial charge in [0.05, 0.1) is 20.3 Å². The van der Waals surface area contributed by atoms with E-state index in [2.05, 4.69) is 18.4 Å². The Morgan fingerprint density at radius 3 is 2.88 bits per heavy atom. The Balaban J connectivity index is 1.79. The maximum Gasteiger partial charge on any atom is 0.247 e. The van der Waals surface area contributed by atoms with Gasteiger partial charge in [-0.15, -0.1) is 11.3 Å². The number of amides is 1. The van der Waals surface area contributed by atoms with Crippen molar-refractivity contribution >= 4 is 23.3 Å². The van der Waals surface area contributed by atoms with Crippen LogP contribution in [0.2, 0.25) is 0 Å². The Kier molecular flexibility index (Phi) is 5.43. The van der Waals surface area contributed by atoms with Gasteiger partial charge in [0.25, 0.3) is 0 Å². The highest BCUT2D eigenvalue weighted by Gasteiger charge is 2.29. The van der Waals surface area contributed by atoms with Crippen molar-refractivity contribution < 1.29 is 14.3 Å². The highest BCUT2D eigenvalue weighted by molar-refractivity contribution is 7.10. The molecule has 0 saturated heterocycles. The minimum Gasteiger partial charge on any atom is -0.497 e. The van der Waals surface area contributed by atoms with Crippen molar-refractivity contribution in [1.82, 2.24) is 4.90 Å². The third kappa shape index (κ3) is 3.56. The van der Waals surface area contributed by atoms with Crippen molar-refractivity contribution in [1.29, 1.82) is 0 Å². The van der Waals surface area contributed by atoms with Gasteiger partial charge in [0.2, 0.25) is 5.91 Å². The van der Waals surface area contributed by atoms with Gasteiger partial charge in [0.15, 0.2) is 0 Å². The second-order valence-corrected chi connectivity index (χ2v) is 6.95. The molecule has 0 N–H and O–H groups in total. The molecule has 0 spiro atoms. The molecule has 0 saturated carbocycles. The molecule has 0 fully saturated rings. The van der Waals surface area contributed by atoms with Crippen molar-refractivity contribution in [2.45, 2.75) is 25.8 Å². The monoisotopic (exact) mass is 357 g/mol. The lowest BCUT2D eigenvalue weighted by molar-refractivity contribution is -0.128. The molecule has 1 aliphatic rings. The number of benzene rings is 1. The highest BCUT2D eigenvalue weighted by Crippen LogP contribution is 2.35. The molecule has 1 amide bonds. The van der Waals surface area contributed by atoms with Gasteiger partial charge >= 0.3 is 0 Å². The smallest absolute Gasteiger partial charge is 0.247 e. The molecule has 1 atom stereocenters. The molecule has 1 aromatic heterocycles. The Morgan fingerprint density at radius 2 is 2.16 bits per heavy atom. The first-order valence-corrected chi connectivity index (χ1v) is 9.32. The van der Waals surface area contributed by atoms with Gasteiger partial charge in [0, 0.05) is 29.1 Å². The van der Waals surface area contributed by atoms with Gasteiger partial charge < -0.3 is 14.4 Å². The summed E-state index contributed by atoms with van der Waals surface area (Å²) < 4.78 is 10.6. The molecule has 2 heterocycles. The Hall–Kier alpha value is -2.27. The van der Waals surface area contributed by atoms with E-state index >= 15 is 0 Å². The summed E-state index contributed by atoms with van der Waals surface area (Å²) in [6.07, 6.45) is 5.32. The van der Waals surface area contributed by atoms with Gasteiger partial charge in [-0.25, -0.2) is 0 Å². The summed E-state index contributed by atoms with van der Waals surface area (Å²) in [6.45, 7) is 2.91. The van der Waals surface area contributed by atoms with Crippen LogP contribution in [0.4, 0.5) is 0 Å². The number of carbonyl (C=O) groups is 1. The summed E-state index contributed by atoms with van der Waals surface area (Å²) in [6, 6.07) is 7.90. The number of nitrogens with zero attached hydrogens (tertiary/aromatic N) is 1. The number of fused-ring (bicyclic) bond motifs is 1. The fourth-order valence-electron chi connectivity index (χ4n) is 3.31. The van der Waals surface area contributed by atoms with Crippen LogP contribution in [0, 0.1) is 0 Å². The third-order valence-corrected chi connectivity index (χ3v) is 5.61. The van der Waals surface area contributed by atoms with Gasteiger partial charge in [-0.2, -0.15) is 0 Å². The maximum absolute atomic E-state index is 12.8. The zero-order valence-corrected chi connectivity index (χ0v) is 15.6. The van der Waals surface area contributed by atoms with E-state index in [1.165, 1.54) is 10.4 Å². The van der Waals surface area contributed by atoms with E-state index in [9.17, 15) is 4.79 Å². The molecule has 5 heteroatoms. The molecule has 0 aliphatic carbocycles. The van der Waals surface area contributed by atoms with Crippen molar-refractivity contribution in [2.75, 3.05) is 20.8 Å². The number of hydrogen-bond donors (Lipinski definition) is 0. The van der Waals surface area contributed by atoms with Crippen LogP contribution in [0.1, 0.15) is 35.4 Å². The van der Waals surface area contributed by atoms with Crippen LogP contribution in [-0.4, -0.2) is 31.6 Å². The normalized spacial score (nSPS) is 16.8. The van der Waals surface area contributed by atoms with Gasteiger partial charge in [-0.1, -0.05) is 6.92 Å². The highest BCUT2D eigenvalue weighted by atomic mass is 32.1. The van der Waals surface area contributed by atoms with Crippen LogP contribution in [0.3, 0.4) is 0 Å². The Bertz CT molecular complexity index is 781. The van der Waals surface area contributed by atoms with E-state index in [1.807, 2.05) is 29.2 Å². The number of carbonyl (C=O) groups excluding carboxylic acids is 1. The SMILES string of the molecule is CCC1c2ccsc2CCN1C(=O)/C=C/c1ccc(OC)cc1OC. The largest absolute Gasteiger partial charge is 0.497 e. The summed E-state index contributed by atoms with van der Waals surface area (Å²) in [5, 5.41) is 2.12. The lowest BCUT2D eigenvalue weighted by atomic mass is 9.97. The molecule has 1 unspecified atom stereocenters. The first kappa shape index (κ1) is 17.5. The van der Waals surface area contributed by atoms with E-state index in [1.54, 1.807) is 31.6 Å². The number of thiophene rings is 1. The van der Waals surface area contributed by atoms with Crippen LogP contribution in [0.25, 0.3) is 6.08 Å². The molecule has 3 rings (SSSR count). The average molecular weight is 357 g/mol. The molecule has 25 heavy (non-hydrogen) atoms. The predicted molar refractivity (Wildman–Crippen MR) is 101 cm³/mol. The minimum absolute atomic E-state index is 0.0431. The molecule has 4 nitrogen and oxygen atoms in total. The third-order valence-electron chi connectivity index (χ3n) is 4.61. The van der Waals surface area contributed by atoms with E-state index in [4.69, 9.17) is 9.47 Å². The van der Waals surface area contributed by atoms with Gasteiger partial charge in [-0.05, 0) is 48.1 Å². The zero-order chi connectivity index (χ0) is 17.8. The summed E-state index contributed by atoms with van der Waals surface area (Å²) >= 11 is 1.79. The Labute approximate surface area is 152 Å². The van der Waals surface area contributed by atoms with Gasteiger partial charge in [-0.3, -0.25) is 4.79 Å². The molecule has 0 radical (unpaired) electrons. The predicted octanol–water partition coefficient (Wildman–Crippen LogP) is 4.31. The van der Waals surface area contributed by atoms with Crippen molar-refractivity contribution in [3.8, 4) is 11.5 Å². The topological polar surface area (TPSA) is 38.8 Å². The molecule has 1 aromatic carbocycles. The average Bonchev–Trinajstić information content (AvgIpc) is 3.13. The second-order valence-electron chi connectivity index (χ2n) is 5.95. The van der Waals surface area contributed by atoms with Crippen molar-refractivity contribution in [3.05, 3.63) is 51.7 Å². The first-order chi connectivity index (χ1) is 12.2. The Morgan fingerprint density at radius 1 is 1.32 bits per heavy atom. The maximum atomic E-state index is 12.8. The molecule has 2 aromatic rings. The number of methoxy groups -OCH3 is 2. The second kappa shape index (κ2) is 7.74. The van der Waals surface area contributed by atoms with Crippen molar-refractivity contribution in [3.63, 3.8) is 0 Å². The molecular formula is C20H23NO3S. The summed E-state index contributed by atoms with van der Waals surface area (Å²) in [7, 11) is 3.23. The van der Waals surface area contributed by atoms with Crippen LogP contribution in [0.5, 0.6) is 11.5 Å². The van der Waals surface area contributed by atoms with Crippen LogP contribution in [-0.2, 0) is 11.2 Å². The fraction of sp³-hybridized carbons (Fsp3) is 0.350. The van der Waals surface area contributed by atoms with E-state index in [-0.39, 0.29) is 11.9 Å². The van der Waals surface area contributed by atoms with Crippen LogP contribution < -0.4 is 9.47 Å². The minimum atomic E-state index is 0.0431. The summed E-state index contributed by atoms with van der Waals surface area (Å²) in [5.41, 5.74) is 2.17. The molecule has 1 aliphatic heterocycles. The number of ether oxygens (including phenoxy) is 2. The molecular weight excluding hydrogens is 334 g/mol. The quantitative estimate of drug-likeness (QED) is 0.748. The van der Waals surface area contributed by atoms with E-state index in [0.29, 0.717) is 5.75 Å². The number of rotatable bonds is 5. The summed E-state index contributed by atoms with van der Waals surface area (Å²) in [4.78, 5) is 16.2. The number of hydrogen-bond acceptors (Lipinski definition) is 4. The zero-order valence-electron chi connectivity index (χ0n) is 14.8. The van der Waals surface area contributed by atoms with Crippen LogP contribution >= 0.6 is 11.3 Å². The van der Waals surface area contributed by atoms with Crippen LogP contribution in [0.15, 0.2) is 35.7 Å². The fourth-order valence-corrected chi connectivity index (χ4v) is 4.24. The lowest BCUT2D eigenvalue weighted by Gasteiger charge is -2.34. The standard InChI is InChI=1S/C20H23NO3S/c1-4-17-16-10-12-25-19(16)9-11-21(17)20(22)8-6-14-5-7-15(23-2)13-18(14)24-3/h5-8,10,12-13,17H,4,9,11H2,1-3H3/b8-6+. The molecule has 132 valence electrons. The van der Waals surface area contributed by atoms with Crippen molar-refractivity contribution in [2.24, 2.45) is 0 Å². The van der Waals surface area contributed by atoms with E-state index in [0.717, 1.165) is 30.7 Å². The lowest BCUT2D eigenvalue weighted by Crippen LogP contribution is -2.38. The van der Waals surface area contributed by atoms with Gasteiger partial charge in [0.1, 0.15) is 11.5 Å². The van der Waals surface area contributed by atoms with E-state index < -0.39 is 0 Å². The molecule has 0 bridgehead atoms.